The Kier molecular flexibility index (Phi) is 7.57. The van der Waals surface area contributed by atoms with Crippen LogP contribution in [0.2, 0.25) is 0 Å². The molecule has 0 saturated carbocycles. The predicted molar refractivity (Wildman–Crippen MR) is 181 cm³/mol. The van der Waals surface area contributed by atoms with Crippen molar-refractivity contribution in [1.29, 1.82) is 0 Å². The highest BCUT2D eigenvalue weighted by Crippen LogP contribution is 2.61. The van der Waals surface area contributed by atoms with Crippen LogP contribution in [0.1, 0.15) is 23.2 Å². The molecular formula is C38H34N4O8. The number of carbonyl (C=O) groups is 4. The van der Waals surface area contributed by atoms with Gasteiger partial charge in [-0.25, -0.2) is 19.8 Å². The fourth-order valence-electron chi connectivity index (χ4n) is 8.38. The molecule has 4 aliphatic heterocycles. The highest BCUT2D eigenvalue weighted by atomic mass is 16.5. The number of anilines is 2. The second-order valence-electron chi connectivity index (χ2n) is 12.4. The lowest BCUT2D eigenvalue weighted by molar-refractivity contribution is -0.136. The quantitative estimate of drug-likeness (QED) is 0.252. The summed E-state index contributed by atoms with van der Waals surface area (Å²) in [5.74, 6) is -2.19. The minimum absolute atomic E-state index is 0.312. The normalized spacial score (nSPS) is 25.9. The van der Waals surface area contributed by atoms with Gasteiger partial charge < -0.3 is 18.9 Å². The number of ether oxygens (including phenoxy) is 4. The van der Waals surface area contributed by atoms with Gasteiger partial charge in [-0.15, -0.1) is 0 Å². The van der Waals surface area contributed by atoms with E-state index in [2.05, 4.69) is 0 Å². The van der Waals surface area contributed by atoms with Crippen molar-refractivity contribution in [1.82, 2.24) is 10.0 Å². The monoisotopic (exact) mass is 674 g/mol. The van der Waals surface area contributed by atoms with E-state index in [1.54, 1.807) is 70.7 Å². The van der Waals surface area contributed by atoms with E-state index >= 15 is 0 Å². The Morgan fingerprint density at radius 1 is 0.400 bits per heavy atom. The van der Waals surface area contributed by atoms with Crippen molar-refractivity contribution in [3.63, 3.8) is 0 Å². The van der Waals surface area contributed by atoms with Crippen LogP contribution in [0, 0.1) is 11.8 Å². The molecule has 0 N–H and O–H groups in total. The van der Waals surface area contributed by atoms with Crippen molar-refractivity contribution in [3.8, 4) is 23.0 Å². The number of rotatable bonds is 8. The van der Waals surface area contributed by atoms with E-state index in [-0.39, 0.29) is 0 Å². The summed E-state index contributed by atoms with van der Waals surface area (Å²) >= 11 is 0. The minimum atomic E-state index is -1.08. The van der Waals surface area contributed by atoms with Crippen molar-refractivity contribution in [2.45, 2.75) is 24.2 Å². The molecule has 4 aromatic rings. The van der Waals surface area contributed by atoms with Crippen molar-refractivity contribution in [2.24, 2.45) is 11.8 Å². The first-order chi connectivity index (χ1) is 24.4. The molecule has 12 heteroatoms. The van der Waals surface area contributed by atoms with Gasteiger partial charge in [0.05, 0.1) is 63.7 Å². The van der Waals surface area contributed by atoms with Crippen LogP contribution in [0.5, 0.6) is 23.0 Å². The fraction of sp³-hybridized carbons (Fsp3) is 0.263. The van der Waals surface area contributed by atoms with Crippen LogP contribution in [0.25, 0.3) is 0 Å². The van der Waals surface area contributed by atoms with Gasteiger partial charge in [-0.2, -0.15) is 0 Å². The summed E-state index contributed by atoms with van der Waals surface area (Å²) in [5, 5.41) is 3.58. The predicted octanol–water partition coefficient (Wildman–Crippen LogP) is 4.17. The van der Waals surface area contributed by atoms with Gasteiger partial charge in [-0.05, 0) is 36.4 Å². The summed E-state index contributed by atoms with van der Waals surface area (Å²) < 4.78 is 22.8. The van der Waals surface area contributed by atoms with Crippen LogP contribution in [0.3, 0.4) is 0 Å². The Hall–Kier alpha value is -5.72. The van der Waals surface area contributed by atoms with Gasteiger partial charge in [-0.1, -0.05) is 60.7 Å². The number of imide groups is 2. The van der Waals surface area contributed by atoms with Crippen molar-refractivity contribution in [2.75, 3.05) is 38.2 Å². The van der Waals surface area contributed by atoms with Gasteiger partial charge >= 0.3 is 0 Å². The smallest absolute Gasteiger partial charge is 0.253 e. The lowest BCUT2D eigenvalue weighted by Crippen LogP contribution is -2.50. The number of hydrogen-bond acceptors (Lipinski definition) is 10. The zero-order valence-corrected chi connectivity index (χ0v) is 27.8. The molecule has 50 heavy (non-hydrogen) atoms. The van der Waals surface area contributed by atoms with E-state index in [4.69, 9.17) is 18.9 Å². The van der Waals surface area contributed by atoms with Crippen molar-refractivity contribution >= 4 is 35.0 Å². The number of carbonyl (C=O) groups excluding carboxylic acids is 4. The zero-order chi connectivity index (χ0) is 34.8. The number of hydrogen-bond donors (Lipinski definition) is 0. The van der Waals surface area contributed by atoms with E-state index in [1.165, 1.54) is 38.2 Å². The molecular weight excluding hydrogens is 640 g/mol. The number of hydrazine groups is 1. The van der Waals surface area contributed by atoms with Gasteiger partial charge in [0.25, 0.3) is 11.8 Å². The lowest BCUT2D eigenvalue weighted by atomic mass is 9.83. The Balaban J connectivity index is 1.38. The second kappa shape index (κ2) is 12.0. The maximum atomic E-state index is 14.8. The number of fused-ring (bicyclic) bond motifs is 5. The molecule has 8 rings (SSSR count). The third kappa shape index (κ3) is 4.24. The Labute approximate surface area is 288 Å². The standard InChI is InChI=1S/C38H34N4O8/c1-47-25-17-9-5-13-21(25)31-29-33(37(45)39(35(29)43)23-15-7-11-19-27(23)49-3)42-32(22-14-6-10-18-26(22)48-2)30-34(41(31)42)38(46)40(36(30)44)24-16-8-12-20-28(24)50-4/h5-20,29-34H,1-4H3. The zero-order valence-electron chi connectivity index (χ0n) is 27.8. The first kappa shape index (κ1) is 31.5. The molecule has 0 spiro atoms. The van der Waals surface area contributed by atoms with Gasteiger partial charge in [0, 0.05) is 11.1 Å². The molecule has 4 aromatic carbocycles. The van der Waals surface area contributed by atoms with Gasteiger partial charge in [0.2, 0.25) is 11.8 Å². The summed E-state index contributed by atoms with van der Waals surface area (Å²) in [4.78, 5) is 61.6. The van der Waals surface area contributed by atoms with Crippen LogP contribution in [-0.4, -0.2) is 74.2 Å². The van der Waals surface area contributed by atoms with E-state index in [9.17, 15) is 19.2 Å². The highest BCUT2D eigenvalue weighted by Gasteiger charge is 2.74. The molecule has 6 unspecified atom stereocenters. The van der Waals surface area contributed by atoms with E-state index < -0.39 is 59.6 Å². The van der Waals surface area contributed by atoms with Crippen molar-refractivity contribution < 1.29 is 38.1 Å². The average molecular weight is 675 g/mol. The van der Waals surface area contributed by atoms with E-state index in [0.717, 1.165) is 0 Å². The molecule has 0 aromatic heterocycles. The lowest BCUT2D eigenvalue weighted by Gasteiger charge is -2.36. The molecule has 4 aliphatic rings. The van der Waals surface area contributed by atoms with Gasteiger partial charge in [0.15, 0.2) is 0 Å². The summed E-state index contributed by atoms with van der Waals surface area (Å²) in [5.41, 5.74) is 1.83. The summed E-state index contributed by atoms with van der Waals surface area (Å²) in [6.07, 6.45) is 0. The highest BCUT2D eigenvalue weighted by molar-refractivity contribution is 6.27. The van der Waals surface area contributed by atoms with Crippen LogP contribution < -0.4 is 28.7 Å². The first-order valence-corrected chi connectivity index (χ1v) is 16.2. The third-order valence-corrected chi connectivity index (χ3v) is 10.3. The second-order valence-corrected chi connectivity index (χ2v) is 12.4. The number of benzene rings is 4. The molecule has 4 heterocycles. The van der Waals surface area contributed by atoms with Gasteiger partial charge in [-0.3, -0.25) is 19.2 Å². The number of amides is 4. The summed E-state index contributed by atoms with van der Waals surface area (Å²) in [6, 6.07) is 24.3. The van der Waals surface area contributed by atoms with Crippen molar-refractivity contribution in [3.05, 3.63) is 108 Å². The Morgan fingerprint density at radius 2 is 0.720 bits per heavy atom. The van der Waals surface area contributed by atoms with Gasteiger partial charge in [0.1, 0.15) is 35.1 Å². The summed E-state index contributed by atoms with van der Waals surface area (Å²) in [6.45, 7) is 0. The minimum Gasteiger partial charge on any atom is -0.496 e. The molecule has 4 fully saturated rings. The average Bonchev–Trinajstić information content (AvgIpc) is 3.82. The molecule has 6 atom stereocenters. The van der Waals surface area contributed by atoms with E-state index in [0.29, 0.717) is 45.5 Å². The topological polar surface area (TPSA) is 118 Å². The Morgan fingerprint density at radius 3 is 1.08 bits per heavy atom. The van der Waals surface area contributed by atoms with Crippen LogP contribution >= 0.6 is 0 Å². The maximum Gasteiger partial charge on any atom is 0.253 e. The maximum absolute atomic E-state index is 14.8. The Bertz CT molecular complexity index is 1910. The molecule has 254 valence electrons. The first-order valence-electron chi connectivity index (χ1n) is 16.2. The SMILES string of the molecule is COc1ccccc1C1C2C(=O)N(c3ccccc3OC)C(=O)C2N2C(c3ccccc3OC)C3C(=O)N(c4ccccc4OC)C(=O)C3N12. The van der Waals surface area contributed by atoms with Crippen LogP contribution in [-0.2, 0) is 19.2 Å². The molecule has 0 bridgehead atoms. The molecule has 12 nitrogen and oxygen atoms in total. The fourth-order valence-corrected chi connectivity index (χ4v) is 8.38. The number of methoxy groups -OCH3 is 4. The summed E-state index contributed by atoms with van der Waals surface area (Å²) in [7, 11) is 6.02. The number of nitrogens with zero attached hydrogens (tertiary/aromatic N) is 4. The molecule has 4 saturated heterocycles. The van der Waals surface area contributed by atoms with E-state index in [1.807, 2.05) is 36.4 Å². The van der Waals surface area contributed by atoms with Crippen LogP contribution in [0.4, 0.5) is 11.4 Å². The van der Waals surface area contributed by atoms with Crippen LogP contribution in [0.15, 0.2) is 97.1 Å². The molecule has 0 aliphatic carbocycles. The third-order valence-electron chi connectivity index (χ3n) is 10.3. The number of para-hydroxylation sites is 6. The molecule has 0 radical (unpaired) electrons. The largest absolute Gasteiger partial charge is 0.496 e. The molecule has 4 amide bonds.